The number of hydrogen-bond acceptors (Lipinski definition) is 7. The zero-order valence-corrected chi connectivity index (χ0v) is 28.0. The predicted octanol–water partition coefficient (Wildman–Crippen LogP) is 7.65. The molecule has 2 amide bonds. The number of aromatic nitrogens is 1. The van der Waals surface area contributed by atoms with Crippen molar-refractivity contribution < 1.29 is 28.8 Å². The van der Waals surface area contributed by atoms with Crippen LogP contribution in [0.2, 0.25) is 6.32 Å². The van der Waals surface area contributed by atoms with Crippen LogP contribution in [0.4, 0.5) is 21.5 Å². The highest BCUT2D eigenvalue weighted by Gasteiger charge is 2.57. The van der Waals surface area contributed by atoms with Gasteiger partial charge in [-0.3, -0.25) is 19.5 Å². The fourth-order valence-electron chi connectivity index (χ4n) is 7.81. The molecule has 10 heteroatoms. The van der Waals surface area contributed by atoms with Gasteiger partial charge in [-0.25, -0.2) is 4.39 Å². The van der Waals surface area contributed by atoms with Gasteiger partial charge in [0.1, 0.15) is 0 Å². The Morgan fingerprint density at radius 1 is 1.00 bits per heavy atom. The summed E-state index contributed by atoms with van der Waals surface area (Å²) in [6.45, 7) is 4.19. The van der Waals surface area contributed by atoms with Crippen LogP contribution in [0.15, 0.2) is 108 Å². The molecule has 1 aromatic heterocycles. The van der Waals surface area contributed by atoms with Crippen LogP contribution in [0.25, 0.3) is 11.6 Å². The predicted molar refractivity (Wildman–Crippen MR) is 193 cm³/mol. The first-order valence-corrected chi connectivity index (χ1v) is 17.1. The molecule has 4 aromatic rings. The Hall–Kier alpha value is -5.06. The van der Waals surface area contributed by atoms with Gasteiger partial charge in [-0.05, 0) is 121 Å². The summed E-state index contributed by atoms with van der Waals surface area (Å²) in [5, 5.41) is 24.1. The number of anilines is 3. The number of phenols is 1. The molecule has 254 valence electrons. The van der Waals surface area contributed by atoms with E-state index in [1.807, 2.05) is 66.7 Å². The van der Waals surface area contributed by atoms with Crippen LogP contribution in [0.5, 0.6) is 5.75 Å². The number of nitrogens with one attached hydrogen (secondary N) is 1. The van der Waals surface area contributed by atoms with Crippen molar-refractivity contribution in [3.05, 3.63) is 125 Å². The molecule has 50 heavy (non-hydrogen) atoms. The summed E-state index contributed by atoms with van der Waals surface area (Å²) >= 11 is 0. The number of halogens is 1. The number of hydrogen-bond donors (Lipinski definition) is 3. The number of phenolic OH excluding ortho intramolecular Hbond substituents is 1. The lowest BCUT2D eigenvalue weighted by atomic mass is 9.57. The lowest BCUT2D eigenvalue weighted by Crippen LogP contribution is -2.46. The van der Waals surface area contributed by atoms with Crippen molar-refractivity contribution >= 4 is 47.6 Å². The number of fused-ring (bicyclic) bond motifs is 3. The van der Waals surface area contributed by atoms with E-state index in [0.717, 1.165) is 28.1 Å². The van der Waals surface area contributed by atoms with E-state index < -0.39 is 36.6 Å². The van der Waals surface area contributed by atoms with Crippen LogP contribution in [-0.2, 0) is 14.2 Å². The minimum atomic E-state index is -1.10. The maximum Gasteiger partial charge on any atom is 0.455 e. The summed E-state index contributed by atoms with van der Waals surface area (Å²) in [5.41, 5.74) is 6.53. The van der Waals surface area contributed by atoms with E-state index >= 15 is 0 Å². The zero-order valence-electron chi connectivity index (χ0n) is 28.0. The average Bonchev–Trinajstić information content (AvgIpc) is 3.37. The topological polar surface area (TPSA) is 112 Å². The van der Waals surface area contributed by atoms with Gasteiger partial charge in [0.25, 0.3) is 0 Å². The molecule has 4 atom stereocenters. The number of benzene rings is 3. The number of imide groups is 1. The molecular formula is C40H39BFN3O5. The van der Waals surface area contributed by atoms with Crippen LogP contribution in [0.1, 0.15) is 44.4 Å². The van der Waals surface area contributed by atoms with Crippen LogP contribution in [0.3, 0.4) is 0 Å². The second-order valence-electron chi connectivity index (χ2n) is 13.6. The zero-order chi connectivity index (χ0) is 34.9. The Morgan fingerprint density at radius 3 is 2.44 bits per heavy atom. The summed E-state index contributed by atoms with van der Waals surface area (Å²) in [4.78, 5) is 34.2. The van der Waals surface area contributed by atoms with Crippen molar-refractivity contribution in [1.29, 1.82) is 0 Å². The number of nitrogens with zero attached hydrogens (tertiary/aromatic N) is 2. The molecule has 2 aliphatic heterocycles. The largest absolute Gasteiger partial charge is 0.505 e. The fraction of sp³-hybridized carbons (Fsp3) is 0.275. The first kappa shape index (κ1) is 33.4. The van der Waals surface area contributed by atoms with Gasteiger partial charge in [0.05, 0.1) is 29.3 Å². The van der Waals surface area contributed by atoms with Crippen molar-refractivity contribution in [2.24, 2.45) is 23.7 Å². The van der Waals surface area contributed by atoms with E-state index in [-0.39, 0.29) is 30.0 Å². The number of pyridine rings is 1. The number of carbonyl (C=O) groups is 2. The van der Waals surface area contributed by atoms with E-state index in [1.165, 1.54) is 17.0 Å². The molecule has 1 aliphatic carbocycles. The second-order valence-corrected chi connectivity index (χ2v) is 13.6. The van der Waals surface area contributed by atoms with E-state index in [9.17, 15) is 24.1 Å². The van der Waals surface area contributed by atoms with E-state index in [2.05, 4.69) is 24.1 Å². The Labute approximate surface area is 291 Å². The minimum absolute atomic E-state index is 0.0980. The normalized spacial score (nSPS) is 22.2. The van der Waals surface area contributed by atoms with Gasteiger partial charge in [0.2, 0.25) is 11.8 Å². The number of carbonyl (C=O) groups excluding carboxylic acids is 2. The summed E-state index contributed by atoms with van der Waals surface area (Å²) in [7, 11) is -1.10. The van der Waals surface area contributed by atoms with Gasteiger partial charge >= 0.3 is 7.12 Å². The molecule has 0 unspecified atom stereocenters. The first-order chi connectivity index (χ1) is 24.2. The maximum atomic E-state index is 14.3. The molecule has 3 aromatic carbocycles. The molecule has 0 spiro atoms. The second kappa shape index (κ2) is 14.1. The van der Waals surface area contributed by atoms with Crippen molar-refractivity contribution in [2.75, 3.05) is 10.2 Å². The molecule has 7 rings (SSSR count). The van der Waals surface area contributed by atoms with Crippen LogP contribution in [0, 0.1) is 29.5 Å². The van der Waals surface area contributed by atoms with Crippen LogP contribution in [-0.4, -0.2) is 40.2 Å². The molecule has 3 heterocycles. The summed E-state index contributed by atoms with van der Waals surface area (Å²) in [5.74, 6) is -2.96. The molecule has 0 saturated carbocycles. The third-order valence-electron chi connectivity index (χ3n) is 10.1. The minimum Gasteiger partial charge on any atom is -0.505 e. The van der Waals surface area contributed by atoms with Gasteiger partial charge in [-0.2, -0.15) is 0 Å². The first-order valence-electron chi connectivity index (χ1n) is 17.1. The highest BCUT2D eigenvalue weighted by atomic mass is 19.1. The molecule has 2 saturated heterocycles. The van der Waals surface area contributed by atoms with E-state index in [0.29, 0.717) is 36.2 Å². The quantitative estimate of drug-likeness (QED) is 0.0953. The van der Waals surface area contributed by atoms with E-state index in [4.69, 9.17) is 4.65 Å². The number of para-hydroxylation sites is 1. The monoisotopic (exact) mass is 671 g/mol. The Morgan fingerprint density at radius 2 is 1.74 bits per heavy atom. The van der Waals surface area contributed by atoms with Gasteiger partial charge in [0, 0.05) is 17.6 Å². The third kappa shape index (κ3) is 6.61. The Balaban J connectivity index is 1.16. The number of rotatable bonds is 9. The van der Waals surface area contributed by atoms with Gasteiger partial charge in [0.15, 0.2) is 11.6 Å². The molecule has 8 nitrogen and oxygen atoms in total. The molecule has 2 fully saturated rings. The molecule has 0 radical (unpaired) electrons. The number of aromatic hydroxyl groups is 1. The van der Waals surface area contributed by atoms with E-state index in [1.54, 1.807) is 24.4 Å². The third-order valence-corrected chi connectivity index (χ3v) is 10.1. The molecule has 0 bridgehead atoms. The van der Waals surface area contributed by atoms with Gasteiger partial charge in [-0.15, -0.1) is 0 Å². The number of amides is 2. The molecule has 3 N–H and O–H groups in total. The molecular weight excluding hydrogens is 632 g/mol. The smallest absolute Gasteiger partial charge is 0.455 e. The SMILES string of the molecule is CC(C)C1=C2[C@@H](CC/C(=C/c3ccc(O)c(F)c3)c3ccccn3)OB(O)C[C@@H]2[C@@H]2C(=O)N(c3ccc(Nc4ccccc4)cc3)C(=O)[C@@H]2C1. The van der Waals surface area contributed by atoms with Crippen molar-refractivity contribution in [3.8, 4) is 5.75 Å². The van der Waals surface area contributed by atoms with Gasteiger partial charge < -0.3 is 20.1 Å². The summed E-state index contributed by atoms with van der Waals surface area (Å²) in [6, 6.07) is 26.9. The molecule has 3 aliphatic rings. The lowest BCUT2D eigenvalue weighted by molar-refractivity contribution is -0.122. The van der Waals surface area contributed by atoms with Crippen molar-refractivity contribution in [1.82, 2.24) is 4.98 Å². The average molecular weight is 672 g/mol. The highest BCUT2D eigenvalue weighted by molar-refractivity contribution is 6.43. The van der Waals surface area contributed by atoms with Crippen molar-refractivity contribution in [2.45, 2.75) is 45.5 Å². The standard InChI is InChI=1S/C40H39BFN3O5/c1-24(2)30-22-31-38(40(48)45(39(31)47)29-15-13-28(14-16-29)44-27-8-4-3-5-9-27)32-23-41(49)50-36(37(30)32)18-12-26(34-10-6-7-19-43-34)20-25-11-17-35(46)33(42)21-25/h3-11,13-17,19-21,24,31-32,36,38,44,46,49H,12,18,22-23H2,1-2H3/b26-20-/t31-,32+,36-,38-/m1/s1. The Kier molecular flexibility index (Phi) is 9.40. The van der Waals surface area contributed by atoms with Crippen molar-refractivity contribution in [3.63, 3.8) is 0 Å². The summed E-state index contributed by atoms with van der Waals surface area (Å²) in [6.07, 6.45) is 4.68. The maximum absolute atomic E-state index is 14.3. The van der Waals surface area contributed by atoms with Crippen LogP contribution < -0.4 is 10.2 Å². The van der Waals surface area contributed by atoms with Gasteiger partial charge in [-0.1, -0.05) is 49.8 Å². The number of allylic oxidation sites excluding steroid dienone is 2. The fourth-order valence-corrected chi connectivity index (χ4v) is 7.81. The highest BCUT2D eigenvalue weighted by Crippen LogP contribution is 2.52. The summed E-state index contributed by atoms with van der Waals surface area (Å²) < 4.78 is 20.5. The lowest BCUT2D eigenvalue weighted by Gasteiger charge is -2.44. The van der Waals surface area contributed by atoms with Crippen LogP contribution >= 0.6 is 0 Å². The Bertz CT molecular complexity index is 1950.